The molecule has 1 aromatic heterocycles. The van der Waals surface area contributed by atoms with Crippen LogP contribution in [-0.2, 0) is 6.54 Å². The minimum absolute atomic E-state index is 0.311. The molecule has 106 valence electrons. The standard InChI is InChI=1S/C17H13F2NS/c18-14-6-7-17(16(19)9-14)20-10-15-8-13(11-21-15)12-4-2-1-3-5-12/h1-9,11,20H,10H2. The van der Waals surface area contributed by atoms with E-state index in [-0.39, 0.29) is 0 Å². The first-order valence-corrected chi connectivity index (χ1v) is 7.42. The van der Waals surface area contributed by atoms with Gasteiger partial charge in [-0.25, -0.2) is 8.78 Å². The predicted octanol–water partition coefficient (Wildman–Crippen LogP) is 5.31. The zero-order valence-corrected chi connectivity index (χ0v) is 12.0. The quantitative estimate of drug-likeness (QED) is 0.689. The monoisotopic (exact) mass is 301 g/mol. The highest BCUT2D eigenvalue weighted by Crippen LogP contribution is 2.26. The van der Waals surface area contributed by atoms with E-state index >= 15 is 0 Å². The lowest BCUT2D eigenvalue weighted by Gasteiger charge is -2.05. The largest absolute Gasteiger partial charge is 0.378 e. The number of nitrogens with one attached hydrogen (secondary N) is 1. The number of halogens is 2. The molecule has 1 N–H and O–H groups in total. The van der Waals surface area contributed by atoms with E-state index < -0.39 is 11.6 Å². The van der Waals surface area contributed by atoms with Gasteiger partial charge in [0.1, 0.15) is 11.6 Å². The number of benzene rings is 2. The van der Waals surface area contributed by atoms with Gasteiger partial charge >= 0.3 is 0 Å². The van der Waals surface area contributed by atoms with Gasteiger partial charge in [-0.05, 0) is 34.7 Å². The molecule has 0 fully saturated rings. The summed E-state index contributed by atoms with van der Waals surface area (Å²) < 4.78 is 26.4. The molecular formula is C17H13F2NS. The third-order valence-corrected chi connectivity index (χ3v) is 4.08. The van der Waals surface area contributed by atoms with Crippen molar-refractivity contribution < 1.29 is 8.78 Å². The first-order valence-electron chi connectivity index (χ1n) is 6.54. The number of hydrogen-bond acceptors (Lipinski definition) is 2. The second kappa shape index (κ2) is 6.06. The number of rotatable bonds is 4. The van der Waals surface area contributed by atoms with E-state index in [4.69, 9.17) is 0 Å². The Morgan fingerprint density at radius 2 is 1.71 bits per heavy atom. The first kappa shape index (κ1) is 13.8. The van der Waals surface area contributed by atoms with Gasteiger partial charge in [0.2, 0.25) is 0 Å². The molecule has 0 saturated carbocycles. The van der Waals surface area contributed by atoms with E-state index in [1.165, 1.54) is 12.1 Å². The third-order valence-electron chi connectivity index (χ3n) is 3.15. The normalized spacial score (nSPS) is 10.6. The van der Waals surface area contributed by atoms with Crippen LogP contribution in [0.1, 0.15) is 4.88 Å². The van der Waals surface area contributed by atoms with Crippen molar-refractivity contribution in [1.29, 1.82) is 0 Å². The lowest BCUT2D eigenvalue weighted by atomic mass is 10.1. The van der Waals surface area contributed by atoms with Crippen molar-refractivity contribution in [3.63, 3.8) is 0 Å². The van der Waals surface area contributed by atoms with Crippen molar-refractivity contribution >= 4 is 17.0 Å². The molecule has 21 heavy (non-hydrogen) atoms. The molecule has 2 aromatic carbocycles. The van der Waals surface area contributed by atoms with Gasteiger partial charge in [-0.15, -0.1) is 11.3 Å². The van der Waals surface area contributed by atoms with Crippen LogP contribution >= 0.6 is 11.3 Å². The summed E-state index contributed by atoms with van der Waals surface area (Å²) in [4.78, 5) is 1.09. The van der Waals surface area contributed by atoms with Gasteiger partial charge in [0.15, 0.2) is 0 Å². The molecular weight excluding hydrogens is 288 g/mol. The minimum atomic E-state index is -0.574. The first-order chi connectivity index (χ1) is 10.2. The molecule has 0 aliphatic carbocycles. The van der Waals surface area contributed by atoms with Gasteiger partial charge < -0.3 is 5.32 Å². The molecule has 0 aliphatic rings. The van der Waals surface area contributed by atoms with Crippen LogP contribution in [0.2, 0.25) is 0 Å². The molecule has 0 spiro atoms. The van der Waals surface area contributed by atoms with Gasteiger partial charge in [-0.1, -0.05) is 30.3 Å². The van der Waals surface area contributed by atoms with Crippen LogP contribution in [0.5, 0.6) is 0 Å². The van der Waals surface area contributed by atoms with Gasteiger partial charge in [0.05, 0.1) is 5.69 Å². The SMILES string of the molecule is Fc1ccc(NCc2cc(-c3ccccc3)cs2)c(F)c1. The Hall–Kier alpha value is -2.20. The number of hydrogen-bond donors (Lipinski definition) is 1. The fourth-order valence-corrected chi connectivity index (χ4v) is 2.90. The van der Waals surface area contributed by atoms with Crippen LogP contribution in [0.4, 0.5) is 14.5 Å². The number of thiophene rings is 1. The van der Waals surface area contributed by atoms with Crippen molar-refractivity contribution in [1.82, 2.24) is 0 Å². The summed E-state index contributed by atoms with van der Waals surface area (Å²) in [6, 6.07) is 15.7. The third kappa shape index (κ3) is 3.28. The summed E-state index contributed by atoms with van der Waals surface area (Å²) in [5.74, 6) is -1.14. The molecule has 3 rings (SSSR count). The Labute approximate surface area is 125 Å². The van der Waals surface area contributed by atoms with E-state index in [1.54, 1.807) is 11.3 Å². The minimum Gasteiger partial charge on any atom is -0.378 e. The zero-order valence-electron chi connectivity index (χ0n) is 11.1. The lowest BCUT2D eigenvalue weighted by molar-refractivity contribution is 0.585. The van der Waals surface area contributed by atoms with E-state index in [0.717, 1.165) is 22.1 Å². The smallest absolute Gasteiger partial charge is 0.149 e. The van der Waals surface area contributed by atoms with Crippen molar-refractivity contribution in [3.8, 4) is 11.1 Å². The zero-order chi connectivity index (χ0) is 14.7. The summed E-state index contributed by atoms with van der Waals surface area (Å²) in [5.41, 5.74) is 2.62. The maximum absolute atomic E-state index is 13.5. The maximum atomic E-state index is 13.5. The van der Waals surface area contributed by atoms with Crippen molar-refractivity contribution in [3.05, 3.63) is 76.5 Å². The van der Waals surface area contributed by atoms with Gasteiger partial charge in [-0.2, -0.15) is 0 Å². The van der Waals surface area contributed by atoms with Gasteiger partial charge in [0.25, 0.3) is 0 Å². The van der Waals surface area contributed by atoms with E-state index in [2.05, 4.69) is 28.9 Å². The lowest BCUT2D eigenvalue weighted by Crippen LogP contribution is -2.00. The topological polar surface area (TPSA) is 12.0 Å². The molecule has 0 bridgehead atoms. The second-order valence-electron chi connectivity index (χ2n) is 4.65. The second-order valence-corrected chi connectivity index (χ2v) is 5.64. The van der Waals surface area contributed by atoms with Crippen LogP contribution in [0, 0.1) is 11.6 Å². The van der Waals surface area contributed by atoms with Crippen molar-refractivity contribution in [2.45, 2.75) is 6.54 Å². The molecule has 0 aliphatic heterocycles. The summed E-state index contributed by atoms with van der Waals surface area (Å²) in [6.07, 6.45) is 0. The molecule has 0 radical (unpaired) electrons. The molecule has 3 aromatic rings. The Morgan fingerprint density at radius 3 is 2.48 bits per heavy atom. The summed E-state index contributed by atoms with van der Waals surface area (Å²) in [7, 11) is 0. The van der Waals surface area contributed by atoms with Crippen molar-refractivity contribution in [2.75, 3.05) is 5.32 Å². The summed E-state index contributed by atoms with van der Waals surface area (Å²) in [6.45, 7) is 0.514. The van der Waals surface area contributed by atoms with Crippen LogP contribution in [-0.4, -0.2) is 0 Å². The highest BCUT2D eigenvalue weighted by atomic mass is 32.1. The highest BCUT2D eigenvalue weighted by Gasteiger charge is 2.05. The molecule has 0 atom stereocenters. The van der Waals surface area contributed by atoms with Gasteiger partial charge in [-0.3, -0.25) is 0 Å². The summed E-state index contributed by atoms with van der Waals surface area (Å²) >= 11 is 1.61. The van der Waals surface area contributed by atoms with Crippen LogP contribution < -0.4 is 5.32 Å². The van der Waals surface area contributed by atoms with Crippen LogP contribution in [0.15, 0.2) is 60.0 Å². The summed E-state index contributed by atoms with van der Waals surface area (Å²) in [5, 5.41) is 5.07. The van der Waals surface area contributed by atoms with Crippen LogP contribution in [0.25, 0.3) is 11.1 Å². The molecule has 1 heterocycles. The fraction of sp³-hybridized carbons (Fsp3) is 0.0588. The molecule has 1 nitrogen and oxygen atoms in total. The average molecular weight is 301 g/mol. The average Bonchev–Trinajstić information content (AvgIpc) is 2.96. The Morgan fingerprint density at radius 1 is 0.905 bits per heavy atom. The Kier molecular flexibility index (Phi) is 3.97. The van der Waals surface area contributed by atoms with Gasteiger partial charge in [0, 0.05) is 17.5 Å². The van der Waals surface area contributed by atoms with E-state index in [9.17, 15) is 8.78 Å². The van der Waals surface area contributed by atoms with E-state index in [1.807, 2.05) is 18.2 Å². The Balaban J connectivity index is 1.70. The molecule has 0 saturated heterocycles. The molecule has 4 heteroatoms. The number of anilines is 1. The van der Waals surface area contributed by atoms with Crippen molar-refractivity contribution in [2.24, 2.45) is 0 Å². The fourth-order valence-electron chi connectivity index (χ4n) is 2.07. The van der Waals surface area contributed by atoms with E-state index in [0.29, 0.717) is 12.2 Å². The maximum Gasteiger partial charge on any atom is 0.149 e. The predicted molar refractivity (Wildman–Crippen MR) is 83.4 cm³/mol. The van der Waals surface area contributed by atoms with Crippen LogP contribution in [0.3, 0.4) is 0 Å². The molecule has 0 amide bonds. The Bertz CT molecular complexity index is 738. The molecule has 0 unspecified atom stereocenters. The highest BCUT2D eigenvalue weighted by molar-refractivity contribution is 7.10.